The van der Waals surface area contributed by atoms with Gasteiger partial charge >= 0.3 is 0 Å². The summed E-state index contributed by atoms with van der Waals surface area (Å²) in [5, 5.41) is 15.4. The molecular formula is C21H19N3S. The summed E-state index contributed by atoms with van der Waals surface area (Å²) in [6.45, 7) is 4.18. The van der Waals surface area contributed by atoms with Crippen LogP contribution in [-0.4, -0.2) is 4.98 Å². The van der Waals surface area contributed by atoms with Gasteiger partial charge < -0.3 is 5.32 Å². The van der Waals surface area contributed by atoms with Crippen LogP contribution in [0.25, 0.3) is 16.8 Å². The molecule has 3 rings (SSSR count). The molecule has 124 valence electrons. The van der Waals surface area contributed by atoms with E-state index in [-0.39, 0.29) is 0 Å². The van der Waals surface area contributed by atoms with Crippen LogP contribution in [0.2, 0.25) is 0 Å². The number of benzene rings is 2. The molecule has 0 saturated heterocycles. The molecule has 0 spiro atoms. The first-order valence-electron chi connectivity index (χ1n) is 8.18. The number of thiazole rings is 1. The number of rotatable bonds is 5. The first-order chi connectivity index (χ1) is 12.2. The summed E-state index contributed by atoms with van der Waals surface area (Å²) in [7, 11) is 0. The summed E-state index contributed by atoms with van der Waals surface area (Å²) >= 11 is 1.48. The molecule has 1 heterocycles. The maximum atomic E-state index is 9.47. The Hall–Kier alpha value is -2.90. The molecule has 0 aliphatic rings. The Morgan fingerprint density at radius 1 is 1.24 bits per heavy atom. The van der Waals surface area contributed by atoms with Crippen molar-refractivity contribution in [1.82, 2.24) is 4.98 Å². The first kappa shape index (κ1) is 16.9. The smallest absolute Gasteiger partial charge is 0.136 e. The average molecular weight is 345 g/mol. The van der Waals surface area contributed by atoms with Crippen LogP contribution in [0.4, 0.5) is 5.69 Å². The number of allylic oxidation sites excluding steroid dienone is 1. The monoisotopic (exact) mass is 345 g/mol. The zero-order chi connectivity index (χ0) is 17.6. The van der Waals surface area contributed by atoms with E-state index in [1.165, 1.54) is 22.5 Å². The topological polar surface area (TPSA) is 48.7 Å². The van der Waals surface area contributed by atoms with Gasteiger partial charge in [-0.05, 0) is 36.6 Å². The largest absolute Gasteiger partial charge is 0.360 e. The van der Waals surface area contributed by atoms with Crippen molar-refractivity contribution in [2.24, 2.45) is 0 Å². The predicted octanol–water partition coefficient (Wildman–Crippen LogP) is 5.66. The van der Waals surface area contributed by atoms with E-state index in [1.54, 1.807) is 6.20 Å². The second-order valence-corrected chi connectivity index (χ2v) is 6.63. The number of nitrogens with zero attached hydrogens (tertiary/aromatic N) is 2. The van der Waals surface area contributed by atoms with Gasteiger partial charge in [0.15, 0.2) is 0 Å². The lowest BCUT2D eigenvalue weighted by molar-refractivity contribution is 1.14. The molecule has 1 N–H and O–H groups in total. The number of anilines is 1. The van der Waals surface area contributed by atoms with E-state index < -0.39 is 0 Å². The molecule has 4 heteroatoms. The zero-order valence-corrected chi connectivity index (χ0v) is 15.1. The van der Waals surface area contributed by atoms with Crippen molar-refractivity contribution >= 4 is 22.6 Å². The summed E-state index contributed by atoms with van der Waals surface area (Å²) in [4.78, 5) is 4.62. The van der Waals surface area contributed by atoms with Crippen molar-refractivity contribution in [1.29, 1.82) is 5.26 Å². The van der Waals surface area contributed by atoms with Gasteiger partial charge in [-0.2, -0.15) is 5.26 Å². The second-order valence-electron chi connectivity index (χ2n) is 5.77. The van der Waals surface area contributed by atoms with Gasteiger partial charge in [0, 0.05) is 22.8 Å². The number of hydrogen-bond acceptors (Lipinski definition) is 4. The van der Waals surface area contributed by atoms with E-state index in [1.807, 2.05) is 36.6 Å². The maximum Gasteiger partial charge on any atom is 0.136 e. The van der Waals surface area contributed by atoms with Crippen LogP contribution in [0.3, 0.4) is 0 Å². The van der Waals surface area contributed by atoms with Crippen molar-refractivity contribution in [3.8, 4) is 17.3 Å². The van der Waals surface area contributed by atoms with E-state index in [9.17, 15) is 5.26 Å². The molecule has 25 heavy (non-hydrogen) atoms. The van der Waals surface area contributed by atoms with Crippen LogP contribution in [0.15, 0.2) is 60.1 Å². The molecule has 1 aromatic heterocycles. The summed E-state index contributed by atoms with van der Waals surface area (Å²) in [6, 6.07) is 18.7. The molecule has 3 nitrogen and oxygen atoms in total. The highest BCUT2D eigenvalue weighted by atomic mass is 32.1. The van der Waals surface area contributed by atoms with Gasteiger partial charge in [-0.1, -0.05) is 43.3 Å². The van der Waals surface area contributed by atoms with Crippen LogP contribution < -0.4 is 5.32 Å². The third kappa shape index (κ3) is 4.14. The average Bonchev–Trinajstić information content (AvgIpc) is 3.12. The normalized spacial score (nSPS) is 11.2. The van der Waals surface area contributed by atoms with Crippen LogP contribution in [0.5, 0.6) is 0 Å². The number of aryl methyl sites for hydroxylation is 2. The Morgan fingerprint density at radius 3 is 2.72 bits per heavy atom. The molecule has 0 fully saturated rings. The predicted molar refractivity (Wildman–Crippen MR) is 105 cm³/mol. The molecule has 0 atom stereocenters. The third-order valence-corrected chi connectivity index (χ3v) is 4.79. The molecule has 0 bridgehead atoms. The minimum atomic E-state index is 0.530. The Morgan fingerprint density at radius 2 is 2.04 bits per heavy atom. The number of hydrogen-bond donors (Lipinski definition) is 1. The lowest BCUT2D eigenvalue weighted by Crippen LogP contribution is -1.91. The number of nitrogens with one attached hydrogen (secondary N) is 1. The van der Waals surface area contributed by atoms with Crippen molar-refractivity contribution in [2.75, 3.05) is 5.32 Å². The van der Waals surface area contributed by atoms with Crippen molar-refractivity contribution in [2.45, 2.75) is 20.3 Å². The summed E-state index contributed by atoms with van der Waals surface area (Å²) in [5.41, 5.74) is 5.94. The van der Waals surface area contributed by atoms with Gasteiger partial charge in [-0.15, -0.1) is 11.3 Å². The molecule has 0 amide bonds. The Kier molecular flexibility index (Phi) is 5.27. The highest BCUT2D eigenvalue weighted by molar-refractivity contribution is 7.11. The zero-order valence-electron chi connectivity index (χ0n) is 14.3. The molecule has 2 aromatic carbocycles. The van der Waals surface area contributed by atoms with Gasteiger partial charge in [0.25, 0.3) is 0 Å². The fourth-order valence-electron chi connectivity index (χ4n) is 2.47. The standard InChI is InChI=1S/C21H19N3S/c1-3-16-7-9-17(10-8-16)20-14-25-21(24-20)18(12-22)13-23-19-6-4-5-15(2)11-19/h4-11,13-14,23H,3H2,1-2H3/b18-13-. The Bertz CT molecular complexity index is 930. The summed E-state index contributed by atoms with van der Waals surface area (Å²) < 4.78 is 0. The highest BCUT2D eigenvalue weighted by Crippen LogP contribution is 2.26. The minimum absolute atomic E-state index is 0.530. The van der Waals surface area contributed by atoms with Gasteiger partial charge in [-0.25, -0.2) is 4.98 Å². The number of nitriles is 1. The lowest BCUT2D eigenvalue weighted by atomic mass is 10.1. The SMILES string of the molecule is CCc1ccc(-c2csc(/C(C#N)=C\Nc3cccc(C)c3)n2)cc1. The van der Waals surface area contributed by atoms with E-state index in [2.05, 4.69) is 47.6 Å². The van der Waals surface area contributed by atoms with E-state index in [0.29, 0.717) is 5.57 Å². The van der Waals surface area contributed by atoms with Gasteiger partial charge in [-0.3, -0.25) is 0 Å². The highest BCUT2D eigenvalue weighted by Gasteiger charge is 2.09. The first-order valence-corrected chi connectivity index (χ1v) is 9.06. The van der Waals surface area contributed by atoms with E-state index in [4.69, 9.17) is 0 Å². The lowest BCUT2D eigenvalue weighted by Gasteiger charge is -2.02. The van der Waals surface area contributed by atoms with Crippen molar-refractivity contribution in [3.63, 3.8) is 0 Å². The van der Waals surface area contributed by atoms with Gasteiger partial charge in [0.05, 0.1) is 5.69 Å². The second kappa shape index (κ2) is 7.78. The summed E-state index contributed by atoms with van der Waals surface area (Å²) in [5.74, 6) is 0. The van der Waals surface area contributed by atoms with E-state index >= 15 is 0 Å². The van der Waals surface area contributed by atoms with Gasteiger partial charge in [0.1, 0.15) is 16.6 Å². The third-order valence-electron chi connectivity index (χ3n) is 3.91. The molecule has 3 aromatic rings. The van der Waals surface area contributed by atoms with E-state index in [0.717, 1.165) is 28.4 Å². The molecule has 0 aliphatic carbocycles. The van der Waals surface area contributed by atoms with Crippen LogP contribution in [-0.2, 0) is 6.42 Å². The fraction of sp³-hybridized carbons (Fsp3) is 0.143. The molecule has 0 radical (unpaired) electrons. The molecular weight excluding hydrogens is 326 g/mol. The van der Waals surface area contributed by atoms with Crippen LogP contribution >= 0.6 is 11.3 Å². The van der Waals surface area contributed by atoms with Crippen molar-refractivity contribution in [3.05, 3.63) is 76.2 Å². The molecule has 0 saturated carbocycles. The molecule has 0 aliphatic heterocycles. The van der Waals surface area contributed by atoms with Crippen LogP contribution in [0, 0.1) is 18.3 Å². The quantitative estimate of drug-likeness (QED) is 0.607. The molecule has 0 unspecified atom stereocenters. The van der Waals surface area contributed by atoms with Gasteiger partial charge in [0.2, 0.25) is 0 Å². The summed E-state index contributed by atoms with van der Waals surface area (Å²) in [6.07, 6.45) is 2.74. The van der Waals surface area contributed by atoms with Crippen LogP contribution in [0.1, 0.15) is 23.1 Å². The maximum absolute atomic E-state index is 9.47. The Labute approximate surface area is 152 Å². The Balaban J connectivity index is 1.81. The number of aromatic nitrogens is 1. The fourth-order valence-corrected chi connectivity index (χ4v) is 3.27. The minimum Gasteiger partial charge on any atom is -0.360 e. The van der Waals surface area contributed by atoms with Crippen molar-refractivity contribution < 1.29 is 0 Å².